The van der Waals surface area contributed by atoms with Crippen LogP contribution in [0.5, 0.6) is 0 Å². The topological polar surface area (TPSA) is 36.4 Å². The maximum atomic E-state index is 9.77. The lowest BCUT2D eigenvalue weighted by Gasteiger charge is -2.19. The van der Waals surface area contributed by atoms with E-state index in [-0.39, 0.29) is 6.10 Å². The molecule has 19 heavy (non-hydrogen) atoms. The fourth-order valence-corrected chi connectivity index (χ4v) is 2.01. The standard InChI is InChI=1S/C16H20N2O/c1-3-16(19)13-7-9-15(10-8-13)18(2)12-14-6-4-5-11-17-14/h4-11,16,19H,3,12H2,1-2H3/t16-/m0/s1. The third-order valence-electron chi connectivity index (χ3n) is 3.23. The fourth-order valence-electron chi connectivity index (χ4n) is 2.01. The zero-order valence-electron chi connectivity index (χ0n) is 11.5. The van der Waals surface area contributed by atoms with E-state index >= 15 is 0 Å². The van der Waals surface area contributed by atoms with Crippen LogP contribution < -0.4 is 4.90 Å². The minimum absolute atomic E-state index is 0.366. The minimum atomic E-state index is -0.366. The average Bonchev–Trinajstić information content (AvgIpc) is 2.47. The highest BCUT2D eigenvalue weighted by molar-refractivity contribution is 5.47. The average molecular weight is 256 g/mol. The van der Waals surface area contributed by atoms with Crippen LogP contribution in [0.2, 0.25) is 0 Å². The Hall–Kier alpha value is -1.87. The summed E-state index contributed by atoms with van der Waals surface area (Å²) in [5.74, 6) is 0. The molecule has 0 saturated heterocycles. The van der Waals surface area contributed by atoms with Gasteiger partial charge < -0.3 is 10.0 Å². The number of hydrogen-bond donors (Lipinski definition) is 1. The van der Waals surface area contributed by atoms with Gasteiger partial charge in [0.1, 0.15) is 0 Å². The molecule has 1 atom stereocenters. The number of rotatable bonds is 5. The Labute approximate surface area is 114 Å². The van der Waals surface area contributed by atoms with Gasteiger partial charge in [0.2, 0.25) is 0 Å². The predicted octanol–water partition coefficient (Wildman–Crippen LogP) is 3.16. The van der Waals surface area contributed by atoms with Crippen molar-refractivity contribution in [3.8, 4) is 0 Å². The lowest BCUT2D eigenvalue weighted by Crippen LogP contribution is -2.17. The number of aliphatic hydroxyl groups excluding tert-OH is 1. The van der Waals surface area contributed by atoms with Crippen molar-refractivity contribution < 1.29 is 5.11 Å². The summed E-state index contributed by atoms with van der Waals surface area (Å²) in [4.78, 5) is 6.46. The zero-order valence-corrected chi connectivity index (χ0v) is 11.5. The number of aliphatic hydroxyl groups is 1. The Morgan fingerprint density at radius 2 is 1.89 bits per heavy atom. The van der Waals surface area contributed by atoms with Crippen LogP contribution in [0.15, 0.2) is 48.7 Å². The molecule has 0 saturated carbocycles. The zero-order chi connectivity index (χ0) is 13.7. The van der Waals surface area contributed by atoms with Crippen LogP contribution in [-0.2, 0) is 6.54 Å². The Morgan fingerprint density at radius 1 is 1.16 bits per heavy atom. The van der Waals surface area contributed by atoms with Crippen molar-refractivity contribution >= 4 is 5.69 Å². The van der Waals surface area contributed by atoms with Gasteiger partial charge in [-0.1, -0.05) is 25.1 Å². The summed E-state index contributed by atoms with van der Waals surface area (Å²) < 4.78 is 0. The summed E-state index contributed by atoms with van der Waals surface area (Å²) in [6.45, 7) is 2.75. The number of anilines is 1. The largest absolute Gasteiger partial charge is 0.388 e. The lowest BCUT2D eigenvalue weighted by atomic mass is 10.1. The van der Waals surface area contributed by atoms with Crippen LogP contribution in [0.4, 0.5) is 5.69 Å². The molecule has 3 nitrogen and oxygen atoms in total. The molecule has 3 heteroatoms. The molecule has 0 spiro atoms. The molecule has 0 radical (unpaired) electrons. The molecule has 1 N–H and O–H groups in total. The van der Waals surface area contributed by atoms with Crippen LogP contribution in [0, 0.1) is 0 Å². The SMILES string of the molecule is CC[C@H](O)c1ccc(N(C)Cc2ccccn2)cc1. The summed E-state index contributed by atoms with van der Waals surface area (Å²) in [7, 11) is 2.04. The molecular weight excluding hydrogens is 236 g/mol. The van der Waals surface area contributed by atoms with E-state index < -0.39 is 0 Å². The number of pyridine rings is 1. The van der Waals surface area contributed by atoms with E-state index in [1.54, 1.807) is 0 Å². The molecule has 100 valence electrons. The summed E-state index contributed by atoms with van der Waals surface area (Å²) in [6, 6.07) is 14.0. The van der Waals surface area contributed by atoms with Crippen LogP contribution >= 0.6 is 0 Å². The highest BCUT2D eigenvalue weighted by Crippen LogP contribution is 2.21. The summed E-state index contributed by atoms with van der Waals surface area (Å²) in [6.07, 6.45) is 2.18. The highest BCUT2D eigenvalue weighted by Gasteiger charge is 2.06. The molecule has 1 aromatic heterocycles. The molecular formula is C16H20N2O. The van der Waals surface area contributed by atoms with Crippen molar-refractivity contribution in [2.24, 2.45) is 0 Å². The molecule has 0 unspecified atom stereocenters. The van der Waals surface area contributed by atoms with Gasteiger partial charge in [-0.3, -0.25) is 4.98 Å². The van der Waals surface area contributed by atoms with Gasteiger partial charge in [-0.25, -0.2) is 0 Å². The number of hydrogen-bond acceptors (Lipinski definition) is 3. The third kappa shape index (κ3) is 3.55. The minimum Gasteiger partial charge on any atom is -0.388 e. The van der Waals surface area contributed by atoms with Crippen molar-refractivity contribution in [1.29, 1.82) is 0 Å². The fraction of sp³-hybridized carbons (Fsp3) is 0.312. The molecule has 0 fully saturated rings. The summed E-state index contributed by atoms with van der Waals surface area (Å²) in [5.41, 5.74) is 3.14. The Balaban J connectivity index is 2.05. The highest BCUT2D eigenvalue weighted by atomic mass is 16.3. The third-order valence-corrected chi connectivity index (χ3v) is 3.23. The molecule has 0 bridgehead atoms. The normalized spacial score (nSPS) is 12.2. The molecule has 0 amide bonds. The van der Waals surface area contributed by atoms with E-state index in [2.05, 4.69) is 9.88 Å². The molecule has 2 aromatic rings. The smallest absolute Gasteiger partial charge is 0.0787 e. The van der Waals surface area contributed by atoms with Gasteiger partial charge in [0.15, 0.2) is 0 Å². The van der Waals surface area contributed by atoms with Gasteiger partial charge in [0, 0.05) is 18.9 Å². The molecule has 2 rings (SSSR count). The van der Waals surface area contributed by atoms with E-state index in [1.165, 1.54) is 0 Å². The summed E-state index contributed by atoms with van der Waals surface area (Å²) in [5, 5.41) is 9.77. The first-order chi connectivity index (χ1) is 9.20. The van der Waals surface area contributed by atoms with Crippen LogP contribution in [0.25, 0.3) is 0 Å². The number of aromatic nitrogens is 1. The molecule has 0 aliphatic rings. The van der Waals surface area contributed by atoms with E-state index in [9.17, 15) is 5.11 Å². The molecule has 0 aliphatic carbocycles. The second-order valence-corrected chi connectivity index (χ2v) is 4.69. The monoisotopic (exact) mass is 256 g/mol. The maximum Gasteiger partial charge on any atom is 0.0787 e. The van der Waals surface area contributed by atoms with E-state index in [1.807, 2.05) is 62.6 Å². The van der Waals surface area contributed by atoms with Crippen molar-refractivity contribution in [1.82, 2.24) is 4.98 Å². The van der Waals surface area contributed by atoms with Crippen LogP contribution in [0.3, 0.4) is 0 Å². The summed E-state index contributed by atoms with van der Waals surface area (Å²) >= 11 is 0. The second-order valence-electron chi connectivity index (χ2n) is 4.69. The first-order valence-corrected chi connectivity index (χ1v) is 6.59. The van der Waals surface area contributed by atoms with E-state index in [0.29, 0.717) is 0 Å². The van der Waals surface area contributed by atoms with Gasteiger partial charge in [0.05, 0.1) is 18.3 Å². The number of benzene rings is 1. The van der Waals surface area contributed by atoms with Gasteiger partial charge >= 0.3 is 0 Å². The van der Waals surface area contributed by atoms with Crippen molar-refractivity contribution in [2.45, 2.75) is 26.0 Å². The van der Waals surface area contributed by atoms with Crippen LogP contribution in [0.1, 0.15) is 30.7 Å². The first-order valence-electron chi connectivity index (χ1n) is 6.59. The Kier molecular flexibility index (Phi) is 4.53. The predicted molar refractivity (Wildman–Crippen MR) is 78.0 cm³/mol. The van der Waals surface area contributed by atoms with Gasteiger partial charge in [-0.05, 0) is 36.2 Å². The van der Waals surface area contributed by atoms with Gasteiger partial charge in [-0.15, -0.1) is 0 Å². The van der Waals surface area contributed by atoms with Gasteiger partial charge in [0.25, 0.3) is 0 Å². The van der Waals surface area contributed by atoms with E-state index in [0.717, 1.165) is 29.9 Å². The Bertz CT molecular complexity index is 496. The quantitative estimate of drug-likeness (QED) is 0.892. The van der Waals surface area contributed by atoms with Gasteiger partial charge in [-0.2, -0.15) is 0 Å². The molecule has 1 heterocycles. The first kappa shape index (κ1) is 13.6. The maximum absolute atomic E-state index is 9.77. The molecule has 1 aromatic carbocycles. The van der Waals surface area contributed by atoms with Crippen molar-refractivity contribution in [2.75, 3.05) is 11.9 Å². The van der Waals surface area contributed by atoms with Crippen LogP contribution in [-0.4, -0.2) is 17.1 Å². The van der Waals surface area contributed by atoms with E-state index in [4.69, 9.17) is 0 Å². The second kappa shape index (κ2) is 6.34. The number of nitrogens with zero attached hydrogens (tertiary/aromatic N) is 2. The molecule has 0 aliphatic heterocycles. The lowest BCUT2D eigenvalue weighted by molar-refractivity contribution is 0.173. The Morgan fingerprint density at radius 3 is 2.47 bits per heavy atom. The van der Waals surface area contributed by atoms with Crippen molar-refractivity contribution in [3.63, 3.8) is 0 Å². The van der Waals surface area contributed by atoms with Crippen molar-refractivity contribution in [3.05, 3.63) is 59.9 Å².